The lowest BCUT2D eigenvalue weighted by molar-refractivity contribution is -0.134. The van der Waals surface area contributed by atoms with Crippen LogP contribution < -0.4 is 20.1 Å². The minimum Gasteiger partial charge on any atom is -0.497 e. The summed E-state index contributed by atoms with van der Waals surface area (Å²) < 4.78 is 10.5. The Kier molecular flexibility index (Phi) is 5.35. The van der Waals surface area contributed by atoms with Gasteiger partial charge in [-0.15, -0.1) is 0 Å². The largest absolute Gasteiger partial charge is 0.497 e. The monoisotopic (exact) mass is 368 g/mol. The second-order valence-electron chi connectivity index (χ2n) is 6.71. The van der Waals surface area contributed by atoms with Gasteiger partial charge in [0.1, 0.15) is 16.9 Å². The average molecular weight is 368 g/mol. The van der Waals surface area contributed by atoms with Crippen LogP contribution in [0, 0.1) is 12.3 Å². The molecule has 6 heteroatoms. The van der Waals surface area contributed by atoms with Gasteiger partial charge in [0.25, 0.3) is 0 Å². The van der Waals surface area contributed by atoms with Gasteiger partial charge < -0.3 is 20.1 Å². The van der Waals surface area contributed by atoms with Crippen LogP contribution in [-0.2, 0) is 16.1 Å². The summed E-state index contributed by atoms with van der Waals surface area (Å²) in [6.45, 7) is 2.40. The van der Waals surface area contributed by atoms with Crippen LogP contribution >= 0.6 is 0 Å². The minimum atomic E-state index is -1.02. The second kappa shape index (κ2) is 7.70. The van der Waals surface area contributed by atoms with E-state index in [4.69, 9.17) is 9.47 Å². The second-order valence-corrected chi connectivity index (χ2v) is 6.71. The van der Waals surface area contributed by atoms with E-state index in [1.165, 1.54) is 7.11 Å². The molecule has 6 nitrogen and oxygen atoms in total. The molecule has 1 aliphatic carbocycles. The highest BCUT2D eigenvalue weighted by Gasteiger charge is 2.56. The number of hydrogen-bond acceptors (Lipinski definition) is 4. The molecule has 1 saturated carbocycles. The van der Waals surface area contributed by atoms with E-state index in [9.17, 15) is 9.59 Å². The topological polar surface area (TPSA) is 76.7 Å². The Morgan fingerprint density at radius 1 is 1.04 bits per heavy atom. The zero-order chi connectivity index (χ0) is 19.4. The van der Waals surface area contributed by atoms with Gasteiger partial charge in [-0.1, -0.05) is 24.3 Å². The van der Waals surface area contributed by atoms with Crippen molar-refractivity contribution >= 4 is 17.5 Å². The third-order valence-electron chi connectivity index (χ3n) is 4.97. The number of ether oxygens (including phenoxy) is 2. The molecule has 0 atom stereocenters. The van der Waals surface area contributed by atoms with E-state index in [0.29, 0.717) is 36.6 Å². The van der Waals surface area contributed by atoms with Crippen molar-refractivity contribution in [2.45, 2.75) is 26.3 Å². The van der Waals surface area contributed by atoms with Crippen LogP contribution in [0.15, 0.2) is 42.5 Å². The van der Waals surface area contributed by atoms with Crippen LogP contribution in [0.25, 0.3) is 0 Å². The third-order valence-corrected chi connectivity index (χ3v) is 4.97. The maximum Gasteiger partial charge on any atom is 0.240 e. The molecule has 2 N–H and O–H groups in total. The fourth-order valence-electron chi connectivity index (χ4n) is 2.99. The average Bonchev–Trinajstić information content (AvgIpc) is 3.49. The molecule has 27 heavy (non-hydrogen) atoms. The Hall–Kier alpha value is -3.02. The molecule has 3 rings (SSSR count). The molecule has 0 spiro atoms. The van der Waals surface area contributed by atoms with E-state index in [-0.39, 0.29) is 11.8 Å². The molecule has 0 unspecified atom stereocenters. The number of amides is 2. The van der Waals surface area contributed by atoms with Crippen LogP contribution in [0.1, 0.15) is 24.0 Å². The molecule has 0 aromatic heterocycles. The number of carbonyl (C=O) groups is 2. The Labute approximate surface area is 158 Å². The fraction of sp³-hybridized carbons (Fsp3) is 0.333. The van der Waals surface area contributed by atoms with Crippen molar-refractivity contribution in [2.24, 2.45) is 5.41 Å². The highest BCUT2D eigenvalue weighted by molar-refractivity contribution is 6.13. The summed E-state index contributed by atoms with van der Waals surface area (Å²) in [7, 11) is 3.08. The number of rotatable bonds is 7. The van der Waals surface area contributed by atoms with Crippen molar-refractivity contribution in [2.75, 3.05) is 19.5 Å². The molecule has 142 valence electrons. The first kappa shape index (κ1) is 18.8. The molecule has 1 fully saturated rings. The summed E-state index contributed by atoms with van der Waals surface area (Å²) in [5, 5.41) is 5.73. The molecule has 0 aliphatic heterocycles. The third kappa shape index (κ3) is 3.89. The van der Waals surface area contributed by atoms with Crippen LogP contribution in [0.4, 0.5) is 5.69 Å². The predicted molar refractivity (Wildman–Crippen MR) is 103 cm³/mol. The Bertz CT molecular complexity index is 859. The Morgan fingerprint density at radius 3 is 2.41 bits per heavy atom. The van der Waals surface area contributed by atoms with Crippen molar-refractivity contribution in [3.05, 3.63) is 53.6 Å². The van der Waals surface area contributed by atoms with Gasteiger partial charge in [0.15, 0.2) is 0 Å². The van der Waals surface area contributed by atoms with Crippen molar-refractivity contribution in [3.63, 3.8) is 0 Å². The number of methoxy groups -OCH3 is 2. The lowest BCUT2D eigenvalue weighted by Gasteiger charge is -2.17. The van der Waals surface area contributed by atoms with Gasteiger partial charge in [-0.3, -0.25) is 9.59 Å². The van der Waals surface area contributed by atoms with Crippen LogP contribution in [0.5, 0.6) is 11.5 Å². The summed E-state index contributed by atoms with van der Waals surface area (Å²) in [6, 6.07) is 13.0. The van der Waals surface area contributed by atoms with E-state index in [1.54, 1.807) is 25.3 Å². The first-order chi connectivity index (χ1) is 13.0. The normalized spacial score (nSPS) is 14.2. The molecule has 2 aromatic carbocycles. The zero-order valence-corrected chi connectivity index (χ0v) is 15.8. The minimum absolute atomic E-state index is 0.245. The number of nitrogens with one attached hydrogen (secondary N) is 2. The quantitative estimate of drug-likeness (QED) is 0.737. The van der Waals surface area contributed by atoms with Crippen molar-refractivity contribution in [1.29, 1.82) is 0 Å². The highest BCUT2D eigenvalue weighted by atomic mass is 16.5. The summed E-state index contributed by atoms with van der Waals surface area (Å²) in [5.41, 5.74) is 1.61. The first-order valence-electron chi connectivity index (χ1n) is 8.86. The molecule has 0 bridgehead atoms. The van der Waals surface area contributed by atoms with E-state index >= 15 is 0 Å². The van der Waals surface area contributed by atoms with Crippen LogP contribution in [-0.4, -0.2) is 26.0 Å². The van der Waals surface area contributed by atoms with Crippen LogP contribution in [0.2, 0.25) is 0 Å². The fourth-order valence-corrected chi connectivity index (χ4v) is 2.99. The molecule has 0 radical (unpaired) electrons. The summed E-state index contributed by atoms with van der Waals surface area (Å²) in [4.78, 5) is 25.5. The van der Waals surface area contributed by atoms with Crippen molar-refractivity contribution in [1.82, 2.24) is 5.32 Å². The smallest absolute Gasteiger partial charge is 0.240 e. The van der Waals surface area contributed by atoms with E-state index in [0.717, 1.165) is 11.1 Å². The van der Waals surface area contributed by atoms with Crippen molar-refractivity contribution in [3.8, 4) is 11.5 Å². The lowest BCUT2D eigenvalue weighted by Crippen LogP contribution is -2.39. The van der Waals surface area contributed by atoms with Crippen molar-refractivity contribution < 1.29 is 19.1 Å². The molecule has 2 aromatic rings. The number of anilines is 1. The number of hydrogen-bond donors (Lipinski definition) is 2. The Balaban J connectivity index is 1.69. The predicted octanol–water partition coefficient (Wildman–Crippen LogP) is 3.05. The summed E-state index contributed by atoms with van der Waals surface area (Å²) >= 11 is 0. The van der Waals surface area contributed by atoms with E-state index < -0.39 is 5.41 Å². The van der Waals surface area contributed by atoms with Gasteiger partial charge in [-0.25, -0.2) is 0 Å². The first-order valence-corrected chi connectivity index (χ1v) is 8.86. The maximum absolute atomic E-state index is 12.8. The van der Waals surface area contributed by atoms with E-state index in [2.05, 4.69) is 10.6 Å². The van der Waals surface area contributed by atoms with Gasteiger partial charge in [-0.2, -0.15) is 0 Å². The van der Waals surface area contributed by atoms with Gasteiger partial charge in [0.05, 0.1) is 19.9 Å². The molecular formula is C21H24N2O4. The van der Waals surface area contributed by atoms with E-state index in [1.807, 2.05) is 31.2 Å². The van der Waals surface area contributed by atoms with Gasteiger partial charge in [0.2, 0.25) is 11.8 Å². The number of aryl methyl sites for hydroxylation is 1. The molecule has 2 amide bonds. The van der Waals surface area contributed by atoms with Crippen LogP contribution in [0.3, 0.4) is 0 Å². The number of carbonyl (C=O) groups excluding carboxylic acids is 2. The van der Waals surface area contributed by atoms with Gasteiger partial charge in [0, 0.05) is 12.6 Å². The highest BCUT2D eigenvalue weighted by Crippen LogP contribution is 2.47. The zero-order valence-electron chi connectivity index (χ0n) is 15.8. The summed E-state index contributed by atoms with van der Waals surface area (Å²) in [6.07, 6.45) is 1.06. The molecule has 0 saturated heterocycles. The summed E-state index contributed by atoms with van der Waals surface area (Å²) in [5.74, 6) is 0.543. The Morgan fingerprint density at radius 2 is 1.78 bits per heavy atom. The molecular weight excluding hydrogens is 344 g/mol. The lowest BCUT2D eigenvalue weighted by atomic mass is 10.0. The standard InChI is InChI=1S/C21H24N2O4/c1-14-6-4-5-7-15(14)13-22-19(24)21(10-11-21)20(25)23-17-12-16(26-2)8-9-18(17)27-3/h4-9,12H,10-11,13H2,1-3H3,(H,22,24)(H,23,25). The number of benzene rings is 2. The maximum atomic E-state index is 12.8. The van der Waals surface area contributed by atoms with Gasteiger partial charge >= 0.3 is 0 Å². The molecule has 0 heterocycles. The molecule has 1 aliphatic rings. The van der Waals surface area contributed by atoms with Gasteiger partial charge in [-0.05, 0) is 43.0 Å². The SMILES string of the molecule is COc1ccc(OC)c(NC(=O)C2(C(=O)NCc3ccccc3C)CC2)c1.